The van der Waals surface area contributed by atoms with E-state index in [0.717, 1.165) is 25.0 Å². The van der Waals surface area contributed by atoms with Gasteiger partial charge in [-0.05, 0) is 78.1 Å². The molecule has 1 heterocycles. The number of carbonyl (C=O) groups is 1. The van der Waals surface area contributed by atoms with E-state index < -0.39 is 0 Å². The Morgan fingerprint density at radius 3 is 2.14 bits per heavy atom. The van der Waals surface area contributed by atoms with Crippen molar-refractivity contribution in [1.82, 2.24) is 5.06 Å². The Morgan fingerprint density at radius 2 is 1.64 bits per heavy atom. The standard InChI is InChI=1S/C18H27NO3/c1-6-21-15-10-8-14(9-11-15)16(20)22-19-17(2,3)12-7-13-18(19,4)5/h8-11H,6-7,12-13H2,1-5H3. The molecule has 0 unspecified atom stereocenters. The summed E-state index contributed by atoms with van der Waals surface area (Å²) in [6, 6.07) is 7.09. The molecule has 0 N–H and O–H groups in total. The number of benzene rings is 1. The quantitative estimate of drug-likeness (QED) is 0.835. The molecule has 1 aromatic rings. The molecule has 0 amide bonds. The van der Waals surface area contributed by atoms with E-state index in [1.54, 1.807) is 24.3 Å². The highest BCUT2D eigenvalue weighted by atomic mass is 16.7. The van der Waals surface area contributed by atoms with Crippen molar-refractivity contribution in [3.63, 3.8) is 0 Å². The predicted octanol–water partition coefficient (Wildman–Crippen LogP) is 4.20. The summed E-state index contributed by atoms with van der Waals surface area (Å²) in [4.78, 5) is 18.2. The van der Waals surface area contributed by atoms with Gasteiger partial charge in [-0.2, -0.15) is 0 Å². The van der Waals surface area contributed by atoms with Crippen LogP contribution in [0.25, 0.3) is 0 Å². The van der Waals surface area contributed by atoms with E-state index in [0.29, 0.717) is 12.2 Å². The molecule has 1 aliphatic heterocycles. The normalized spacial score (nSPS) is 20.4. The highest BCUT2D eigenvalue weighted by Crippen LogP contribution is 2.38. The van der Waals surface area contributed by atoms with E-state index >= 15 is 0 Å². The molecule has 4 heteroatoms. The van der Waals surface area contributed by atoms with E-state index in [2.05, 4.69) is 27.7 Å². The largest absolute Gasteiger partial charge is 0.494 e. The molecule has 0 spiro atoms. The average Bonchev–Trinajstić information content (AvgIpc) is 2.43. The summed E-state index contributed by atoms with van der Waals surface area (Å²) in [6.07, 6.45) is 3.19. The molecule has 0 saturated carbocycles. The summed E-state index contributed by atoms with van der Waals surface area (Å²) in [5.74, 6) is 0.448. The van der Waals surface area contributed by atoms with E-state index in [-0.39, 0.29) is 17.0 Å². The Labute approximate surface area is 133 Å². The van der Waals surface area contributed by atoms with Gasteiger partial charge in [-0.1, -0.05) is 0 Å². The fraction of sp³-hybridized carbons (Fsp3) is 0.611. The van der Waals surface area contributed by atoms with Crippen LogP contribution in [0.3, 0.4) is 0 Å². The second kappa shape index (κ2) is 6.29. The van der Waals surface area contributed by atoms with Gasteiger partial charge in [0.25, 0.3) is 0 Å². The zero-order valence-corrected chi connectivity index (χ0v) is 14.3. The first-order valence-corrected chi connectivity index (χ1v) is 8.02. The Balaban J connectivity index is 2.12. The molecule has 1 aliphatic rings. The lowest BCUT2D eigenvalue weighted by Gasteiger charge is -2.50. The Morgan fingerprint density at radius 1 is 1.09 bits per heavy atom. The number of rotatable bonds is 4. The average molecular weight is 305 g/mol. The highest BCUT2D eigenvalue weighted by Gasteiger charge is 2.44. The van der Waals surface area contributed by atoms with Crippen LogP contribution < -0.4 is 4.74 Å². The minimum absolute atomic E-state index is 0.150. The summed E-state index contributed by atoms with van der Waals surface area (Å²) in [6.45, 7) is 11.0. The molecule has 2 rings (SSSR count). The van der Waals surface area contributed by atoms with E-state index in [1.165, 1.54) is 0 Å². The Hall–Kier alpha value is -1.55. The molecular weight excluding hydrogens is 278 g/mol. The van der Waals surface area contributed by atoms with Crippen LogP contribution in [-0.2, 0) is 4.84 Å². The summed E-state index contributed by atoms with van der Waals surface area (Å²) in [5, 5.41) is 1.88. The topological polar surface area (TPSA) is 38.8 Å². The van der Waals surface area contributed by atoms with Crippen LogP contribution in [0.5, 0.6) is 5.75 Å². The van der Waals surface area contributed by atoms with E-state index in [4.69, 9.17) is 9.57 Å². The van der Waals surface area contributed by atoms with Gasteiger partial charge in [-0.15, -0.1) is 5.06 Å². The third-order valence-electron chi connectivity index (χ3n) is 4.25. The summed E-state index contributed by atoms with van der Waals surface area (Å²) in [7, 11) is 0. The van der Waals surface area contributed by atoms with E-state index in [1.807, 2.05) is 12.0 Å². The lowest BCUT2D eigenvalue weighted by molar-refractivity contribution is -0.240. The van der Waals surface area contributed by atoms with Crippen LogP contribution in [0.4, 0.5) is 0 Å². The smallest absolute Gasteiger partial charge is 0.357 e. The van der Waals surface area contributed by atoms with Gasteiger partial charge in [0.2, 0.25) is 0 Å². The first kappa shape index (κ1) is 16.8. The molecule has 0 radical (unpaired) electrons. The van der Waals surface area contributed by atoms with Crippen LogP contribution in [0.2, 0.25) is 0 Å². The minimum atomic E-state index is -0.314. The SMILES string of the molecule is CCOc1ccc(C(=O)ON2C(C)(C)CCCC2(C)C)cc1. The van der Waals surface area contributed by atoms with Crippen molar-refractivity contribution in [2.45, 2.75) is 65.0 Å². The van der Waals surface area contributed by atoms with E-state index in [9.17, 15) is 4.79 Å². The maximum atomic E-state index is 12.5. The van der Waals surface area contributed by atoms with Crippen LogP contribution in [0.1, 0.15) is 64.2 Å². The lowest BCUT2D eigenvalue weighted by atomic mass is 9.82. The molecule has 122 valence electrons. The molecular formula is C18H27NO3. The van der Waals surface area contributed by atoms with Gasteiger partial charge in [0.1, 0.15) is 5.75 Å². The monoisotopic (exact) mass is 305 g/mol. The lowest BCUT2D eigenvalue weighted by Crippen LogP contribution is -2.58. The molecule has 0 aliphatic carbocycles. The van der Waals surface area contributed by atoms with Crippen molar-refractivity contribution in [1.29, 1.82) is 0 Å². The number of ether oxygens (including phenoxy) is 1. The third-order valence-corrected chi connectivity index (χ3v) is 4.25. The van der Waals surface area contributed by atoms with Gasteiger partial charge in [0.05, 0.1) is 23.2 Å². The number of nitrogens with zero attached hydrogens (tertiary/aromatic N) is 1. The van der Waals surface area contributed by atoms with Gasteiger partial charge >= 0.3 is 5.97 Å². The fourth-order valence-electron chi connectivity index (χ4n) is 3.21. The van der Waals surface area contributed by atoms with Crippen molar-refractivity contribution in [3.8, 4) is 5.75 Å². The van der Waals surface area contributed by atoms with Gasteiger partial charge in [0, 0.05) is 0 Å². The molecule has 22 heavy (non-hydrogen) atoms. The van der Waals surface area contributed by atoms with Crippen LogP contribution in [0.15, 0.2) is 24.3 Å². The van der Waals surface area contributed by atoms with Crippen molar-refractivity contribution in [2.24, 2.45) is 0 Å². The zero-order valence-electron chi connectivity index (χ0n) is 14.3. The van der Waals surface area contributed by atoms with Gasteiger partial charge < -0.3 is 9.57 Å². The minimum Gasteiger partial charge on any atom is -0.494 e. The second-order valence-corrected chi connectivity index (χ2v) is 7.11. The van der Waals surface area contributed by atoms with Crippen molar-refractivity contribution < 1.29 is 14.4 Å². The van der Waals surface area contributed by atoms with Crippen LogP contribution in [0, 0.1) is 0 Å². The maximum Gasteiger partial charge on any atom is 0.357 e. The molecule has 0 atom stereocenters. The third kappa shape index (κ3) is 3.61. The van der Waals surface area contributed by atoms with Crippen molar-refractivity contribution in [2.75, 3.05) is 6.61 Å². The molecule has 1 aromatic carbocycles. The summed E-state index contributed by atoms with van der Waals surface area (Å²) >= 11 is 0. The number of hydrogen-bond acceptors (Lipinski definition) is 4. The molecule has 1 fully saturated rings. The zero-order chi connectivity index (χ0) is 16.4. The number of hydroxylamine groups is 2. The van der Waals surface area contributed by atoms with Gasteiger partial charge in [-0.25, -0.2) is 4.79 Å². The first-order valence-electron chi connectivity index (χ1n) is 8.02. The second-order valence-electron chi connectivity index (χ2n) is 7.11. The number of piperidine rings is 1. The Bertz CT molecular complexity index is 504. The Kier molecular flexibility index (Phi) is 4.81. The molecule has 0 aromatic heterocycles. The number of hydrogen-bond donors (Lipinski definition) is 0. The molecule has 1 saturated heterocycles. The predicted molar refractivity (Wildman–Crippen MR) is 86.9 cm³/mol. The van der Waals surface area contributed by atoms with Gasteiger partial charge in [-0.3, -0.25) is 0 Å². The summed E-state index contributed by atoms with van der Waals surface area (Å²) < 4.78 is 5.39. The number of carbonyl (C=O) groups excluding carboxylic acids is 1. The molecule has 0 bridgehead atoms. The van der Waals surface area contributed by atoms with Crippen LogP contribution >= 0.6 is 0 Å². The van der Waals surface area contributed by atoms with Crippen molar-refractivity contribution in [3.05, 3.63) is 29.8 Å². The first-order chi connectivity index (χ1) is 10.3. The summed E-state index contributed by atoms with van der Waals surface area (Å²) in [5.41, 5.74) is 0.242. The van der Waals surface area contributed by atoms with Crippen LogP contribution in [-0.4, -0.2) is 28.7 Å². The molecule has 4 nitrogen and oxygen atoms in total. The maximum absolute atomic E-state index is 12.5. The fourth-order valence-corrected chi connectivity index (χ4v) is 3.21. The van der Waals surface area contributed by atoms with Gasteiger partial charge in [0.15, 0.2) is 0 Å². The highest BCUT2D eigenvalue weighted by molar-refractivity contribution is 5.89. The van der Waals surface area contributed by atoms with Crippen molar-refractivity contribution >= 4 is 5.97 Å².